The first-order chi connectivity index (χ1) is 10.1. The van der Waals surface area contributed by atoms with E-state index in [0.717, 1.165) is 58.0 Å². The van der Waals surface area contributed by atoms with Gasteiger partial charge in [-0.1, -0.05) is 20.3 Å². The minimum absolute atomic E-state index is 0.0568. The van der Waals surface area contributed by atoms with Crippen LogP contribution in [0.3, 0.4) is 0 Å². The van der Waals surface area contributed by atoms with Crippen LogP contribution in [0.2, 0.25) is 0 Å². The molecule has 1 saturated heterocycles. The molecule has 0 aromatic heterocycles. The van der Waals surface area contributed by atoms with Crippen molar-refractivity contribution in [3.05, 3.63) is 0 Å². The summed E-state index contributed by atoms with van der Waals surface area (Å²) in [5.41, 5.74) is -0.701. The fraction of sp³-hybridized carbons (Fsp3) is 0.882. The lowest BCUT2D eigenvalue weighted by Gasteiger charge is -2.38. The van der Waals surface area contributed by atoms with Gasteiger partial charge in [-0.15, -0.1) is 0 Å². The van der Waals surface area contributed by atoms with Crippen molar-refractivity contribution in [1.82, 2.24) is 9.80 Å². The molecule has 1 aliphatic heterocycles. The Labute approximate surface area is 128 Å². The Morgan fingerprint density at radius 1 is 1.24 bits per heavy atom. The summed E-state index contributed by atoms with van der Waals surface area (Å²) in [6.07, 6.45) is 7.95. The highest BCUT2D eigenvalue weighted by Crippen LogP contribution is 2.49. The molecule has 0 aromatic rings. The summed E-state index contributed by atoms with van der Waals surface area (Å²) in [6, 6.07) is 0.345. The summed E-state index contributed by atoms with van der Waals surface area (Å²) in [4.78, 5) is 29.4. The smallest absolute Gasteiger partial charge is 0.238 e. The Morgan fingerprint density at radius 3 is 2.52 bits per heavy atom. The first-order valence-electron chi connectivity index (χ1n) is 8.63. The zero-order chi connectivity index (χ0) is 15.5. The van der Waals surface area contributed by atoms with Crippen LogP contribution in [-0.2, 0) is 9.59 Å². The summed E-state index contributed by atoms with van der Waals surface area (Å²) in [6.45, 7) is 5.87. The maximum Gasteiger partial charge on any atom is 0.238 e. The first kappa shape index (κ1) is 16.3. The Bertz CT molecular complexity index is 390. The average molecular weight is 294 g/mol. The van der Waals surface area contributed by atoms with Crippen molar-refractivity contribution in [2.45, 2.75) is 71.3 Å². The van der Waals surface area contributed by atoms with E-state index in [1.54, 1.807) is 4.90 Å². The molecule has 0 aromatic carbocycles. The number of carbonyl (C=O) groups excluding carboxylic acids is 2. The summed E-state index contributed by atoms with van der Waals surface area (Å²) >= 11 is 0. The Morgan fingerprint density at radius 2 is 1.95 bits per heavy atom. The number of likely N-dealkylation sites (tertiary alicyclic amines) is 1. The molecule has 0 radical (unpaired) electrons. The maximum absolute atomic E-state index is 12.9. The molecule has 120 valence electrons. The van der Waals surface area contributed by atoms with Crippen molar-refractivity contribution in [3.8, 4) is 0 Å². The number of carbonyl (C=O) groups is 2. The fourth-order valence-electron chi connectivity index (χ4n) is 3.47. The molecule has 0 bridgehead atoms. The molecule has 2 fully saturated rings. The van der Waals surface area contributed by atoms with Crippen LogP contribution in [0, 0.1) is 5.41 Å². The molecule has 0 N–H and O–H groups in total. The molecule has 2 aliphatic rings. The standard InChI is InChI=1S/C17H30N2O2/c1-4-6-12-18(3)15(20)17(10-11-17)16(21)19-13-8-7-9-14(19)5-2/h14H,4-13H2,1-3H3. The van der Waals surface area contributed by atoms with E-state index in [2.05, 4.69) is 13.8 Å². The van der Waals surface area contributed by atoms with Gasteiger partial charge in [0.15, 0.2) is 0 Å². The third-order valence-electron chi connectivity index (χ3n) is 5.12. The SMILES string of the molecule is CCCCN(C)C(=O)C1(C(=O)N2CCCCC2CC)CC1. The molecular formula is C17H30N2O2. The Balaban J connectivity index is 2.04. The van der Waals surface area contributed by atoms with Crippen molar-refractivity contribution in [3.63, 3.8) is 0 Å². The number of piperidine rings is 1. The van der Waals surface area contributed by atoms with E-state index >= 15 is 0 Å². The van der Waals surface area contributed by atoms with Gasteiger partial charge in [0.2, 0.25) is 11.8 Å². The van der Waals surface area contributed by atoms with E-state index in [0.29, 0.717) is 6.04 Å². The van der Waals surface area contributed by atoms with Gasteiger partial charge >= 0.3 is 0 Å². The van der Waals surface area contributed by atoms with E-state index in [-0.39, 0.29) is 11.8 Å². The van der Waals surface area contributed by atoms with Gasteiger partial charge in [-0.3, -0.25) is 9.59 Å². The summed E-state index contributed by atoms with van der Waals surface area (Å²) in [7, 11) is 1.85. The summed E-state index contributed by atoms with van der Waals surface area (Å²) in [5, 5.41) is 0. The second-order valence-electron chi connectivity index (χ2n) is 6.72. The van der Waals surface area contributed by atoms with Gasteiger partial charge in [0.25, 0.3) is 0 Å². The quantitative estimate of drug-likeness (QED) is 0.707. The topological polar surface area (TPSA) is 40.6 Å². The highest BCUT2D eigenvalue weighted by Gasteiger charge is 2.59. The van der Waals surface area contributed by atoms with Gasteiger partial charge in [-0.05, 0) is 44.9 Å². The predicted molar refractivity (Wildman–Crippen MR) is 83.9 cm³/mol. The Hall–Kier alpha value is -1.06. The molecule has 1 saturated carbocycles. The van der Waals surface area contributed by atoms with Crippen LogP contribution < -0.4 is 0 Å². The number of hydrogen-bond acceptors (Lipinski definition) is 2. The molecular weight excluding hydrogens is 264 g/mol. The minimum atomic E-state index is -0.701. The van der Waals surface area contributed by atoms with Crippen molar-refractivity contribution < 1.29 is 9.59 Å². The van der Waals surface area contributed by atoms with E-state index < -0.39 is 5.41 Å². The van der Waals surface area contributed by atoms with E-state index in [4.69, 9.17) is 0 Å². The summed E-state index contributed by atoms with van der Waals surface area (Å²) in [5.74, 6) is 0.170. The largest absolute Gasteiger partial charge is 0.345 e. The average Bonchev–Trinajstić information content (AvgIpc) is 3.32. The van der Waals surface area contributed by atoms with Crippen molar-refractivity contribution in [1.29, 1.82) is 0 Å². The van der Waals surface area contributed by atoms with Gasteiger partial charge in [0.05, 0.1) is 0 Å². The number of amides is 2. The molecule has 4 nitrogen and oxygen atoms in total. The van der Waals surface area contributed by atoms with E-state index in [9.17, 15) is 9.59 Å². The molecule has 21 heavy (non-hydrogen) atoms. The van der Waals surface area contributed by atoms with Crippen LogP contribution in [-0.4, -0.2) is 47.8 Å². The second kappa shape index (κ2) is 6.80. The molecule has 2 amide bonds. The highest BCUT2D eigenvalue weighted by molar-refractivity contribution is 6.07. The van der Waals surface area contributed by atoms with Crippen LogP contribution in [0.15, 0.2) is 0 Å². The zero-order valence-electron chi connectivity index (χ0n) is 13.9. The highest BCUT2D eigenvalue weighted by atomic mass is 16.2. The van der Waals surface area contributed by atoms with Crippen molar-refractivity contribution in [2.24, 2.45) is 5.41 Å². The normalized spacial score (nSPS) is 23.8. The lowest BCUT2D eigenvalue weighted by molar-refractivity contribution is -0.151. The number of hydrogen-bond donors (Lipinski definition) is 0. The molecule has 2 rings (SSSR count). The van der Waals surface area contributed by atoms with Crippen LogP contribution in [0.5, 0.6) is 0 Å². The molecule has 1 heterocycles. The molecule has 4 heteroatoms. The lowest BCUT2D eigenvalue weighted by atomic mass is 9.95. The number of nitrogens with zero attached hydrogens (tertiary/aromatic N) is 2. The number of unbranched alkanes of at least 4 members (excludes halogenated alkanes) is 1. The van der Waals surface area contributed by atoms with Crippen LogP contribution >= 0.6 is 0 Å². The zero-order valence-corrected chi connectivity index (χ0v) is 13.9. The third kappa shape index (κ3) is 3.24. The van der Waals surface area contributed by atoms with Crippen molar-refractivity contribution in [2.75, 3.05) is 20.1 Å². The monoisotopic (exact) mass is 294 g/mol. The molecule has 0 spiro atoms. The molecule has 1 unspecified atom stereocenters. The minimum Gasteiger partial charge on any atom is -0.345 e. The second-order valence-corrected chi connectivity index (χ2v) is 6.72. The van der Waals surface area contributed by atoms with Gasteiger partial charge in [0, 0.05) is 26.2 Å². The van der Waals surface area contributed by atoms with Gasteiger partial charge in [-0.2, -0.15) is 0 Å². The predicted octanol–water partition coefficient (Wildman–Crippen LogP) is 2.82. The molecule has 1 aliphatic carbocycles. The van der Waals surface area contributed by atoms with E-state index in [1.165, 1.54) is 6.42 Å². The van der Waals surface area contributed by atoms with Gasteiger partial charge < -0.3 is 9.80 Å². The van der Waals surface area contributed by atoms with E-state index in [1.807, 2.05) is 11.9 Å². The van der Waals surface area contributed by atoms with Crippen molar-refractivity contribution >= 4 is 11.8 Å². The molecule has 1 atom stereocenters. The maximum atomic E-state index is 12.9. The first-order valence-corrected chi connectivity index (χ1v) is 8.63. The van der Waals surface area contributed by atoms with Gasteiger partial charge in [0.1, 0.15) is 5.41 Å². The lowest BCUT2D eigenvalue weighted by Crippen LogP contribution is -2.51. The van der Waals surface area contributed by atoms with Crippen LogP contribution in [0.4, 0.5) is 0 Å². The fourth-order valence-corrected chi connectivity index (χ4v) is 3.47. The number of rotatable bonds is 6. The van der Waals surface area contributed by atoms with Gasteiger partial charge in [-0.25, -0.2) is 0 Å². The third-order valence-corrected chi connectivity index (χ3v) is 5.12. The Kier molecular flexibility index (Phi) is 5.28. The van der Waals surface area contributed by atoms with Crippen LogP contribution in [0.1, 0.15) is 65.2 Å². The van der Waals surface area contributed by atoms with Crippen LogP contribution in [0.25, 0.3) is 0 Å². The summed E-state index contributed by atoms with van der Waals surface area (Å²) < 4.78 is 0.